The van der Waals surface area contributed by atoms with Gasteiger partial charge in [0.05, 0.1) is 6.10 Å². The maximum Gasteiger partial charge on any atom is 0.306 e. The Morgan fingerprint density at radius 2 is 1.65 bits per heavy atom. The number of para-hydroxylation sites is 1. The highest BCUT2D eigenvalue weighted by molar-refractivity contribution is 5.35. The molecule has 0 aliphatic rings. The molecule has 2 rings (SSSR count). The highest BCUT2D eigenvalue weighted by atomic mass is 19.3. The molecule has 0 saturated heterocycles. The van der Waals surface area contributed by atoms with Crippen LogP contribution in [0.4, 0.5) is 8.78 Å². The van der Waals surface area contributed by atoms with Crippen LogP contribution in [0.25, 0.3) is 0 Å². The lowest BCUT2D eigenvalue weighted by molar-refractivity contribution is -0.0473. The molecule has 2 aromatic carbocycles. The van der Waals surface area contributed by atoms with Crippen molar-refractivity contribution in [3.05, 3.63) is 65.7 Å². The quantitative estimate of drug-likeness (QED) is 0.898. The third-order valence-electron chi connectivity index (χ3n) is 2.97. The van der Waals surface area contributed by atoms with Crippen LogP contribution in [0, 0.1) is 0 Å². The van der Waals surface area contributed by atoms with Crippen LogP contribution < -0.4 is 4.74 Å². The van der Waals surface area contributed by atoms with E-state index in [-0.39, 0.29) is 11.3 Å². The standard InChI is InChI=1S/C16H16F2O2/c1-12(19)14-9-5-6-10-15(14)20-11-16(17,18)13-7-3-2-4-8-13/h2-10,12,19H,11H2,1H3. The fourth-order valence-electron chi connectivity index (χ4n) is 1.89. The molecule has 0 aliphatic carbocycles. The molecule has 0 aromatic heterocycles. The van der Waals surface area contributed by atoms with E-state index in [1.807, 2.05) is 0 Å². The van der Waals surface area contributed by atoms with Gasteiger partial charge in [0.1, 0.15) is 5.75 Å². The molecule has 2 aromatic rings. The minimum atomic E-state index is -3.08. The van der Waals surface area contributed by atoms with E-state index in [1.54, 1.807) is 49.4 Å². The number of halogens is 2. The lowest BCUT2D eigenvalue weighted by Crippen LogP contribution is -2.23. The largest absolute Gasteiger partial charge is 0.487 e. The lowest BCUT2D eigenvalue weighted by Gasteiger charge is -2.19. The number of rotatable bonds is 5. The molecular formula is C16H16F2O2. The number of hydrogen-bond acceptors (Lipinski definition) is 2. The summed E-state index contributed by atoms with van der Waals surface area (Å²) in [6, 6.07) is 14.2. The Labute approximate surface area is 116 Å². The van der Waals surface area contributed by atoms with Crippen molar-refractivity contribution < 1.29 is 18.6 Å². The minimum Gasteiger partial charge on any atom is -0.487 e. The van der Waals surface area contributed by atoms with E-state index in [1.165, 1.54) is 12.1 Å². The first-order valence-corrected chi connectivity index (χ1v) is 6.34. The van der Waals surface area contributed by atoms with E-state index >= 15 is 0 Å². The van der Waals surface area contributed by atoms with Gasteiger partial charge in [-0.15, -0.1) is 0 Å². The molecule has 2 nitrogen and oxygen atoms in total. The molecule has 1 unspecified atom stereocenters. The molecule has 0 spiro atoms. The second-order valence-electron chi connectivity index (χ2n) is 4.57. The van der Waals surface area contributed by atoms with Crippen molar-refractivity contribution in [1.29, 1.82) is 0 Å². The highest BCUT2D eigenvalue weighted by Crippen LogP contribution is 2.31. The molecule has 0 radical (unpaired) electrons. The van der Waals surface area contributed by atoms with Crippen molar-refractivity contribution in [2.75, 3.05) is 6.61 Å². The third-order valence-corrected chi connectivity index (χ3v) is 2.97. The van der Waals surface area contributed by atoms with Gasteiger partial charge >= 0.3 is 5.92 Å². The van der Waals surface area contributed by atoms with Crippen molar-refractivity contribution in [2.45, 2.75) is 19.0 Å². The summed E-state index contributed by atoms with van der Waals surface area (Å²) in [7, 11) is 0. The molecule has 0 amide bonds. The predicted molar refractivity (Wildman–Crippen MR) is 72.9 cm³/mol. The summed E-state index contributed by atoms with van der Waals surface area (Å²) in [5.74, 6) is -2.80. The number of ether oxygens (including phenoxy) is 1. The first kappa shape index (κ1) is 14.5. The first-order valence-electron chi connectivity index (χ1n) is 6.34. The van der Waals surface area contributed by atoms with E-state index in [4.69, 9.17) is 4.74 Å². The van der Waals surface area contributed by atoms with Gasteiger partial charge in [0, 0.05) is 11.1 Å². The topological polar surface area (TPSA) is 29.5 Å². The molecule has 0 bridgehead atoms. The van der Waals surface area contributed by atoms with Gasteiger partial charge in [-0.25, -0.2) is 0 Å². The lowest BCUT2D eigenvalue weighted by atomic mass is 10.1. The normalized spacial score (nSPS) is 13.0. The Hall–Kier alpha value is -1.94. The molecule has 0 saturated carbocycles. The summed E-state index contributed by atoms with van der Waals surface area (Å²) >= 11 is 0. The summed E-state index contributed by atoms with van der Waals surface area (Å²) in [4.78, 5) is 0. The van der Waals surface area contributed by atoms with Crippen LogP contribution in [0.1, 0.15) is 24.2 Å². The van der Waals surface area contributed by atoms with Crippen LogP contribution in [-0.2, 0) is 5.92 Å². The van der Waals surface area contributed by atoms with Crippen molar-refractivity contribution in [1.82, 2.24) is 0 Å². The molecule has 0 aliphatic heterocycles. The van der Waals surface area contributed by atoms with E-state index in [2.05, 4.69) is 0 Å². The van der Waals surface area contributed by atoms with Gasteiger partial charge < -0.3 is 9.84 Å². The molecule has 0 heterocycles. The predicted octanol–water partition coefficient (Wildman–Crippen LogP) is 3.91. The maximum atomic E-state index is 14.0. The van der Waals surface area contributed by atoms with E-state index in [0.29, 0.717) is 5.56 Å². The van der Waals surface area contributed by atoms with Crippen molar-refractivity contribution in [2.24, 2.45) is 0 Å². The second kappa shape index (κ2) is 6.01. The number of aliphatic hydroxyl groups excluding tert-OH is 1. The average molecular weight is 278 g/mol. The van der Waals surface area contributed by atoms with Gasteiger partial charge in [-0.3, -0.25) is 0 Å². The monoisotopic (exact) mass is 278 g/mol. The van der Waals surface area contributed by atoms with Crippen LogP contribution in [0.2, 0.25) is 0 Å². The van der Waals surface area contributed by atoms with Crippen LogP contribution in [0.5, 0.6) is 5.75 Å². The number of alkyl halides is 2. The smallest absolute Gasteiger partial charge is 0.306 e. The average Bonchev–Trinajstić information content (AvgIpc) is 2.46. The summed E-state index contributed by atoms with van der Waals surface area (Å²) in [5.41, 5.74) is 0.408. The fraction of sp³-hybridized carbons (Fsp3) is 0.250. The van der Waals surface area contributed by atoms with Crippen molar-refractivity contribution in [3.8, 4) is 5.75 Å². The molecule has 1 atom stereocenters. The van der Waals surface area contributed by atoms with Gasteiger partial charge in [-0.1, -0.05) is 48.5 Å². The van der Waals surface area contributed by atoms with Crippen molar-refractivity contribution in [3.63, 3.8) is 0 Å². The summed E-state index contributed by atoms with van der Waals surface area (Å²) < 4.78 is 33.2. The number of aliphatic hydroxyl groups is 1. The molecular weight excluding hydrogens is 262 g/mol. The van der Waals surface area contributed by atoms with Gasteiger partial charge in [-0.05, 0) is 13.0 Å². The summed E-state index contributed by atoms with van der Waals surface area (Å²) in [6.45, 7) is 0.804. The molecule has 1 N–H and O–H groups in total. The Balaban J connectivity index is 2.13. The minimum absolute atomic E-state index is 0.0884. The maximum absolute atomic E-state index is 14.0. The summed E-state index contributed by atoms with van der Waals surface area (Å²) in [5, 5.41) is 9.58. The Morgan fingerprint density at radius 1 is 1.05 bits per heavy atom. The van der Waals surface area contributed by atoms with Gasteiger partial charge in [-0.2, -0.15) is 8.78 Å². The zero-order valence-electron chi connectivity index (χ0n) is 11.1. The molecule has 0 fully saturated rings. The van der Waals surface area contributed by atoms with Gasteiger partial charge in [0.15, 0.2) is 6.61 Å². The van der Waals surface area contributed by atoms with Gasteiger partial charge in [0.2, 0.25) is 0 Å². The van der Waals surface area contributed by atoms with Crippen LogP contribution in [-0.4, -0.2) is 11.7 Å². The van der Waals surface area contributed by atoms with E-state index in [9.17, 15) is 13.9 Å². The first-order chi connectivity index (χ1) is 9.50. The van der Waals surface area contributed by atoms with Crippen molar-refractivity contribution >= 4 is 0 Å². The zero-order valence-corrected chi connectivity index (χ0v) is 11.1. The zero-order chi connectivity index (χ0) is 14.6. The SMILES string of the molecule is CC(O)c1ccccc1OCC(F)(F)c1ccccc1. The van der Waals surface area contributed by atoms with Crippen LogP contribution in [0.3, 0.4) is 0 Å². The van der Waals surface area contributed by atoms with E-state index in [0.717, 1.165) is 0 Å². The Kier molecular flexibility index (Phi) is 4.35. The van der Waals surface area contributed by atoms with E-state index < -0.39 is 18.6 Å². The molecule has 20 heavy (non-hydrogen) atoms. The van der Waals surface area contributed by atoms with Gasteiger partial charge in [0.25, 0.3) is 0 Å². The van der Waals surface area contributed by atoms with Crippen LogP contribution in [0.15, 0.2) is 54.6 Å². The number of hydrogen-bond donors (Lipinski definition) is 1. The second-order valence-corrected chi connectivity index (χ2v) is 4.57. The Bertz CT molecular complexity index is 553. The summed E-state index contributed by atoms with van der Waals surface area (Å²) in [6.07, 6.45) is -0.767. The number of benzene rings is 2. The highest BCUT2D eigenvalue weighted by Gasteiger charge is 2.32. The Morgan fingerprint density at radius 3 is 2.30 bits per heavy atom. The molecule has 4 heteroatoms. The third kappa shape index (κ3) is 3.33. The molecule has 106 valence electrons. The fourth-order valence-corrected chi connectivity index (χ4v) is 1.89. The van der Waals surface area contributed by atoms with Crippen LogP contribution >= 0.6 is 0 Å².